The molecule has 2 amide bonds. The van der Waals surface area contributed by atoms with Crippen LogP contribution in [-0.4, -0.2) is 39.4 Å². The zero-order chi connectivity index (χ0) is 17.4. The zero-order valence-corrected chi connectivity index (χ0v) is 13.8. The highest BCUT2D eigenvalue weighted by Gasteiger charge is 2.04. The van der Waals surface area contributed by atoms with Crippen LogP contribution in [0, 0.1) is 0 Å². The molecule has 0 spiro atoms. The first-order valence-corrected chi connectivity index (χ1v) is 7.72. The fraction of sp³-hybridized carbons (Fsp3) is 0.294. The van der Waals surface area contributed by atoms with E-state index in [4.69, 9.17) is 0 Å². The van der Waals surface area contributed by atoms with Gasteiger partial charge in [0.1, 0.15) is 5.69 Å². The number of benzene rings is 1. The Bertz CT molecular complexity index is 707. The molecule has 0 saturated heterocycles. The van der Waals surface area contributed by atoms with Gasteiger partial charge in [-0.1, -0.05) is 35.5 Å². The van der Waals surface area contributed by atoms with Crippen molar-refractivity contribution in [3.63, 3.8) is 0 Å². The molecule has 0 bridgehead atoms. The van der Waals surface area contributed by atoms with Crippen LogP contribution in [0.4, 0.5) is 0 Å². The number of carbonyl (C=O) groups excluding carboxylic acids is 2. The van der Waals surface area contributed by atoms with E-state index in [0.29, 0.717) is 12.2 Å². The van der Waals surface area contributed by atoms with Gasteiger partial charge in [-0.2, -0.15) is 0 Å². The van der Waals surface area contributed by atoms with Crippen molar-refractivity contribution in [1.29, 1.82) is 0 Å². The molecule has 0 aliphatic heterocycles. The van der Waals surface area contributed by atoms with Gasteiger partial charge in [-0.3, -0.25) is 9.59 Å². The largest absolute Gasteiger partial charge is 0.352 e. The van der Waals surface area contributed by atoms with Crippen molar-refractivity contribution in [2.45, 2.75) is 26.4 Å². The smallest absolute Gasteiger partial charge is 0.244 e. The van der Waals surface area contributed by atoms with Gasteiger partial charge >= 0.3 is 0 Å². The molecule has 0 saturated carbocycles. The highest BCUT2D eigenvalue weighted by atomic mass is 16.2. The Hall–Kier alpha value is -2.96. The van der Waals surface area contributed by atoms with Gasteiger partial charge in [0.25, 0.3) is 0 Å². The predicted octanol–water partition coefficient (Wildman–Crippen LogP) is 0.980. The molecule has 0 unspecified atom stereocenters. The van der Waals surface area contributed by atoms with Crippen LogP contribution in [0.1, 0.15) is 25.1 Å². The number of hydrogen-bond donors (Lipinski definition) is 2. The fourth-order valence-electron chi connectivity index (χ4n) is 2.00. The van der Waals surface area contributed by atoms with Crippen molar-refractivity contribution in [3.05, 3.63) is 53.9 Å². The molecule has 0 atom stereocenters. The summed E-state index contributed by atoms with van der Waals surface area (Å²) in [4.78, 5) is 23.1. The third-order valence-electron chi connectivity index (χ3n) is 3.02. The van der Waals surface area contributed by atoms with Gasteiger partial charge in [0.15, 0.2) is 0 Å². The van der Waals surface area contributed by atoms with Crippen molar-refractivity contribution in [2.75, 3.05) is 6.54 Å². The van der Waals surface area contributed by atoms with Gasteiger partial charge in [-0.05, 0) is 25.5 Å². The molecule has 1 heterocycles. The fourth-order valence-corrected chi connectivity index (χ4v) is 2.00. The van der Waals surface area contributed by atoms with E-state index in [9.17, 15) is 9.59 Å². The average Bonchev–Trinajstić information content (AvgIpc) is 2.99. The Labute approximate surface area is 140 Å². The van der Waals surface area contributed by atoms with E-state index >= 15 is 0 Å². The molecule has 24 heavy (non-hydrogen) atoms. The van der Waals surface area contributed by atoms with Gasteiger partial charge in [-0.15, -0.1) is 5.10 Å². The molecule has 7 heteroatoms. The molecule has 0 aliphatic rings. The molecular formula is C17H21N5O2. The van der Waals surface area contributed by atoms with Gasteiger partial charge < -0.3 is 10.6 Å². The lowest BCUT2D eigenvalue weighted by Crippen LogP contribution is -2.39. The molecule has 2 rings (SSSR count). The summed E-state index contributed by atoms with van der Waals surface area (Å²) in [5, 5.41) is 13.2. The lowest BCUT2D eigenvalue weighted by atomic mass is 10.2. The second-order valence-corrected chi connectivity index (χ2v) is 5.60. The number of rotatable bonds is 7. The standard InChI is InChI=1S/C17H21N5O2/c1-13(2)19-17(24)10-18-16(23)9-8-15-12-22(21-20-15)11-14-6-4-3-5-7-14/h3-9,12-13H,10-11H2,1-2H3,(H,18,23)(H,19,24)/b9-8+. The topological polar surface area (TPSA) is 88.9 Å². The highest BCUT2D eigenvalue weighted by Crippen LogP contribution is 2.03. The summed E-state index contributed by atoms with van der Waals surface area (Å²) in [5.74, 6) is -0.577. The van der Waals surface area contributed by atoms with Gasteiger partial charge in [-0.25, -0.2) is 4.68 Å². The summed E-state index contributed by atoms with van der Waals surface area (Å²) >= 11 is 0. The number of nitrogens with one attached hydrogen (secondary N) is 2. The van der Waals surface area contributed by atoms with E-state index in [1.807, 2.05) is 44.2 Å². The summed E-state index contributed by atoms with van der Waals surface area (Å²) in [6, 6.07) is 9.95. The van der Waals surface area contributed by atoms with Gasteiger partial charge in [0.2, 0.25) is 11.8 Å². The maximum Gasteiger partial charge on any atom is 0.244 e. The maximum atomic E-state index is 11.7. The SMILES string of the molecule is CC(C)NC(=O)CNC(=O)/C=C/c1cn(Cc2ccccc2)nn1. The first-order valence-electron chi connectivity index (χ1n) is 7.72. The van der Waals surface area contributed by atoms with Gasteiger partial charge in [0, 0.05) is 12.1 Å². The van der Waals surface area contributed by atoms with Gasteiger partial charge in [0.05, 0.1) is 19.3 Å². The summed E-state index contributed by atoms with van der Waals surface area (Å²) in [5.41, 5.74) is 1.69. The number of amides is 2. The van der Waals surface area contributed by atoms with Crippen LogP contribution in [0.2, 0.25) is 0 Å². The lowest BCUT2D eigenvalue weighted by molar-refractivity contribution is -0.124. The van der Waals surface area contributed by atoms with E-state index < -0.39 is 0 Å². The predicted molar refractivity (Wildman–Crippen MR) is 90.9 cm³/mol. The minimum absolute atomic E-state index is 0.0459. The van der Waals surface area contributed by atoms with Crippen LogP contribution in [0.3, 0.4) is 0 Å². The van der Waals surface area contributed by atoms with Crippen molar-refractivity contribution < 1.29 is 9.59 Å². The minimum atomic E-state index is -0.355. The van der Waals surface area contributed by atoms with Crippen molar-refractivity contribution in [1.82, 2.24) is 25.6 Å². The highest BCUT2D eigenvalue weighted by molar-refractivity contribution is 5.94. The lowest BCUT2D eigenvalue weighted by Gasteiger charge is -2.07. The van der Waals surface area contributed by atoms with Crippen molar-refractivity contribution >= 4 is 17.9 Å². The van der Waals surface area contributed by atoms with Crippen LogP contribution in [0.15, 0.2) is 42.6 Å². The van der Waals surface area contributed by atoms with Crippen molar-refractivity contribution in [3.8, 4) is 0 Å². The molecule has 2 N–H and O–H groups in total. The normalized spacial score (nSPS) is 11.0. The molecule has 1 aromatic carbocycles. The third kappa shape index (κ3) is 6.04. The second kappa shape index (κ2) is 8.61. The molecule has 0 aliphatic carbocycles. The Morgan fingerprint density at radius 1 is 1.25 bits per heavy atom. The first kappa shape index (κ1) is 17.4. The molecular weight excluding hydrogens is 306 g/mol. The summed E-state index contributed by atoms with van der Waals surface area (Å²) in [6.45, 7) is 4.28. The molecule has 126 valence electrons. The maximum absolute atomic E-state index is 11.7. The van der Waals surface area contributed by atoms with Crippen LogP contribution < -0.4 is 10.6 Å². The average molecular weight is 327 g/mol. The first-order chi connectivity index (χ1) is 11.5. The summed E-state index contributed by atoms with van der Waals surface area (Å²) in [6.07, 6.45) is 4.64. The number of aromatic nitrogens is 3. The van der Waals surface area contributed by atoms with Crippen LogP contribution >= 0.6 is 0 Å². The molecule has 2 aromatic rings. The van der Waals surface area contributed by atoms with E-state index in [2.05, 4.69) is 20.9 Å². The zero-order valence-electron chi connectivity index (χ0n) is 13.8. The van der Waals surface area contributed by atoms with E-state index in [1.54, 1.807) is 17.0 Å². The van der Waals surface area contributed by atoms with Crippen LogP contribution in [0.5, 0.6) is 0 Å². The van der Waals surface area contributed by atoms with E-state index in [0.717, 1.165) is 5.56 Å². The molecule has 7 nitrogen and oxygen atoms in total. The Balaban J connectivity index is 1.82. The summed E-state index contributed by atoms with van der Waals surface area (Å²) in [7, 11) is 0. The van der Waals surface area contributed by atoms with Crippen LogP contribution in [0.25, 0.3) is 6.08 Å². The Morgan fingerprint density at radius 3 is 2.71 bits per heavy atom. The molecule has 0 radical (unpaired) electrons. The van der Waals surface area contributed by atoms with E-state index in [1.165, 1.54) is 6.08 Å². The Kier molecular flexibility index (Phi) is 6.24. The minimum Gasteiger partial charge on any atom is -0.352 e. The summed E-state index contributed by atoms with van der Waals surface area (Å²) < 4.78 is 1.70. The molecule has 0 fully saturated rings. The number of hydrogen-bond acceptors (Lipinski definition) is 4. The molecule has 1 aromatic heterocycles. The number of carbonyl (C=O) groups is 2. The van der Waals surface area contributed by atoms with Crippen molar-refractivity contribution in [2.24, 2.45) is 0 Å². The van der Waals surface area contributed by atoms with E-state index in [-0.39, 0.29) is 24.4 Å². The second-order valence-electron chi connectivity index (χ2n) is 5.60. The monoisotopic (exact) mass is 327 g/mol. The third-order valence-corrected chi connectivity index (χ3v) is 3.02. The van der Waals surface area contributed by atoms with Crippen LogP contribution in [-0.2, 0) is 16.1 Å². The number of nitrogens with zero attached hydrogens (tertiary/aromatic N) is 3. The quantitative estimate of drug-likeness (QED) is 0.742. The Morgan fingerprint density at radius 2 is 2.00 bits per heavy atom.